The molecule has 1 heterocycles. The van der Waals surface area contributed by atoms with Crippen molar-refractivity contribution in [3.8, 4) is 0 Å². The summed E-state index contributed by atoms with van der Waals surface area (Å²) in [6, 6.07) is 1.52. The van der Waals surface area contributed by atoms with Gasteiger partial charge in [0.2, 0.25) is 0 Å². The highest BCUT2D eigenvalue weighted by molar-refractivity contribution is 4.92. The summed E-state index contributed by atoms with van der Waals surface area (Å²) in [6.45, 7) is 13.2. The summed E-state index contributed by atoms with van der Waals surface area (Å²) in [5.74, 6) is 2.71. The minimum absolute atomic E-state index is 0.635. The van der Waals surface area contributed by atoms with Crippen molar-refractivity contribution in [2.24, 2.45) is 17.8 Å². The van der Waals surface area contributed by atoms with E-state index in [1.165, 1.54) is 38.9 Å². The van der Waals surface area contributed by atoms with E-state index in [9.17, 15) is 0 Å². The molecule has 0 radical (unpaired) electrons. The zero-order valence-corrected chi connectivity index (χ0v) is 12.1. The van der Waals surface area contributed by atoms with Crippen LogP contribution < -0.4 is 5.32 Å². The maximum atomic E-state index is 3.61. The van der Waals surface area contributed by atoms with Gasteiger partial charge in [0, 0.05) is 25.2 Å². The van der Waals surface area contributed by atoms with Crippen LogP contribution in [0.15, 0.2) is 0 Å². The average Bonchev–Trinajstić information content (AvgIpc) is 2.13. The molecule has 1 aliphatic carbocycles. The van der Waals surface area contributed by atoms with Crippen LogP contribution in [0.2, 0.25) is 0 Å². The lowest BCUT2D eigenvalue weighted by Gasteiger charge is -2.49. The normalized spacial score (nSPS) is 39.4. The van der Waals surface area contributed by atoms with Crippen molar-refractivity contribution >= 4 is 0 Å². The predicted molar refractivity (Wildman–Crippen MR) is 74.2 cm³/mol. The summed E-state index contributed by atoms with van der Waals surface area (Å²) in [5, 5.41) is 3.61. The molecule has 1 N–H and O–H groups in total. The minimum atomic E-state index is 0.635. The summed E-state index contributed by atoms with van der Waals surface area (Å²) in [4.78, 5) is 2.79. The SMILES string of the molecule is CC1CC(C)CN(C2CCC2CNC(C)C)C1. The first-order valence-corrected chi connectivity index (χ1v) is 7.53. The Bertz CT molecular complexity index is 229. The van der Waals surface area contributed by atoms with E-state index < -0.39 is 0 Å². The van der Waals surface area contributed by atoms with Crippen molar-refractivity contribution in [2.45, 2.75) is 59.0 Å². The second-order valence-corrected chi connectivity index (χ2v) is 6.87. The van der Waals surface area contributed by atoms with Gasteiger partial charge in [0.25, 0.3) is 0 Å². The lowest BCUT2D eigenvalue weighted by molar-refractivity contribution is 0.0136. The average molecular weight is 238 g/mol. The summed E-state index contributed by atoms with van der Waals surface area (Å²) in [6.07, 6.45) is 4.30. The molecule has 1 aliphatic heterocycles. The van der Waals surface area contributed by atoms with E-state index in [1.54, 1.807) is 0 Å². The summed E-state index contributed by atoms with van der Waals surface area (Å²) in [5.41, 5.74) is 0. The molecule has 1 saturated heterocycles. The van der Waals surface area contributed by atoms with Gasteiger partial charge in [-0.15, -0.1) is 0 Å². The second-order valence-electron chi connectivity index (χ2n) is 6.87. The third kappa shape index (κ3) is 3.45. The Hall–Kier alpha value is -0.0800. The molecule has 0 spiro atoms. The van der Waals surface area contributed by atoms with E-state index in [0.717, 1.165) is 23.8 Å². The molecule has 2 heteroatoms. The quantitative estimate of drug-likeness (QED) is 0.810. The minimum Gasteiger partial charge on any atom is -0.314 e. The Balaban J connectivity index is 1.81. The fraction of sp³-hybridized carbons (Fsp3) is 1.00. The van der Waals surface area contributed by atoms with Crippen LogP contribution in [0.4, 0.5) is 0 Å². The zero-order valence-electron chi connectivity index (χ0n) is 12.1. The number of hydrogen-bond donors (Lipinski definition) is 1. The van der Waals surface area contributed by atoms with E-state index in [0.29, 0.717) is 6.04 Å². The van der Waals surface area contributed by atoms with Crippen LogP contribution in [0.25, 0.3) is 0 Å². The lowest BCUT2D eigenvalue weighted by atomic mass is 9.76. The zero-order chi connectivity index (χ0) is 12.4. The Kier molecular flexibility index (Phi) is 4.48. The molecular formula is C15H30N2. The van der Waals surface area contributed by atoms with Crippen LogP contribution in [-0.4, -0.2) is 36.6 Å². The first-order chi connectivity index (χ1) is 8.06. The van der Waals surface area contributed by atoms with E-state index in [2.05, 4.69) is 37.9 Å². The molecule has 0 aromatic rings. The largest absolute Gasteiger partial charge is 0.314 e. The molecule has 4 unspecified atom stereocenters. The van der Waals surface area contributed by atoms with Crippen molar-refractivity contribution in [2.75, 3.05) is 19.6 Å². The summed E-state index contributed by atoms with van der Waals surface area (Å²) >= 11 is 0. The smallest absolute Gasteiger partial charge is 0.0136 e. The Labute approximate surface area is 107 Å². The van der Waals surface area contributed by atoms with Gasteiger partial charge in [-0.3, -0.25) is 4.90 Å². The molecule has 2 rings (SSSR count). The van der Waals surface area contributed by atoms with Gasteiger partial charge < -0.3 is 5.32 Å². The summed E-state index contributed by atoms with van der Waals surface area (Å²) in [7, 11) is 0. The van der Waals surface area contributed by atoms with E-state index in [-0.39, 0.29) is 0 Å². The fourth-order valence-corrected chi connectivity index (χ4v) is 3.64. The highest BCUT2D eigenvalue weighted by Crippen LogP contribution is 2.35. The van der Waals surface area contributed by atoms with Gasteiger partial charge in [0.1, 0.15) is 0 Å². The highest BCUT2D eigenvalue weighted by Gasteiger charge is 2.37. The molecule has 2 nitrogen and oxygen atoms in total. The lowest BCUT2D eigenvalue weighted by Crippen LogP contribution is -2.55. The van der Waals surface area contributed by atoms with Gasteiger partial charge >= 0.3 is 0 Å². The Morgan fingerprint density at radius 3 is 2.24 bits per heavy atom. The number of nitrogens with one attached hydrogen (secondary N) is 1. The third-order valence-corrected chi connectivity index (χ3v) is 4.53. The topological polar surface area (TPSA) is 15.3 Å². The van der Waals surface area contributed by atoms with E-state index in [4.69, 9.17) is 0 Å². The third-order valence-electron chi connectivity index (χ3n) is 4.53. The Morgan fingerprint density at radius 1 is 1.12 bits per heavy atom. The molecule has 2 aliphatic rings. The standard InChI is InChI=1S/C15H30N2/c1-11(2)16-8-14-5-6-15(14)17-9-12(3)7-13(4)10-17/h11-16H,5-10H2,1-4H3. The number of rotatable bonds is 4. The van der Waals surface area contributed by atoms with Crippen molar-refractivity contribution < 1.29 is 0 Å². The number of hydrogen-bond acceptors (Lipinski definition) is 2. The van der Waals surface area contributed by atoms with E-state index >= 15 is 0 Å². The van der Waals surface area contributed by atoms with Crippen LogP contribution in [-0.2, 0) is 0 Å². The van der Waals surface area contributed by atoms with Crippen LogP contribution in [0.1, 0.15) is 47.0 Å². The van der Waals surface area contributed by atoms with Gasteiger partial charge in [-0.2, -0.15) is 0 Å². The van der Waals surface area contributed by atoms with Crippen molar-refractivity contribution in [3.05, 3.63) is 0 Å². The molecule has 2 fully saturated rings. The molecule has 0 aromatic heterocycles. The van der Waals surface area contributed by atoms with Gasteiger partial charge in [-0.05, 0) is 43.6 Å². The van der Waals surface area contributed by atoms with Gasteiger partial charge in [0.15, 0.2) is 0 Å². The van der Waals surface area contributed by atoms with Crippen LogP contribution >= 0.6 is 0 Å². The molecular weight excluding hydrogens is 208 g/mol. The van der Waals surface area contributed by atoms with Crippen LogP contribution in [0.5, 0.6) is 0 Å². The van der Waals surface area contributed by atoms with Crippen LogP contribution in [0, 0.1) is 17.8 Å². The van der Waals surface area contributed by atoms with Gasteiger partial charge in [0.05, 0.1) is 0 Å². The molecule has 100 valence electrons. The summed E-state index contributed by atoms with van der Waals surface area (Å²) < 4.78 is 0. The van der Waals surface area contributed by atoms with Crippen molar-refractivity contribution in [3.63, 3.8) is 0 Å². The number of nitrogens with zero attached hydrogens (tertiary/aromatic N) is 1. The van der Waals surface area contributed by atoms with Crippen LogP contribution in [0.3, 0.4) is 0 Å². The maximum absolute atomic E-state index is 3.61. The molecule has 1 saturated carbocycles. The highest BCUT2D eigenvalue weighted by atomic mass is 15.2. The monoisotopic (exact) mass is 238 g/mol. The first-order valence-electron chi connectivity index (χ1n) is 7.53. The Morgan fingerprint density at radius 2 is 1.76 bits per heavy atom. The van der Waals surface area contributed by atoms with Crippen molar-refractivity contribution in [1.82, 2.24) is 10.2 Å². The molecule has 0 bridgehead atoms. The predicted octanol–water partition coefficient (Wildman–Crippen LogP) is 2.74. The van der Waals surface area contributed by atoms with E-state index in [1.807, 2.05) is 0 Å². The fourth-order valence-electron chi connectivity index (χ4n) is 3.64. The van der Waals surface area contributed by atoms with Gasteiger partial charge in [-0.25, -0.2) is 0 Å². The number of likely N-dealkylation sites (tertiary alicyclic amines) is 1. The van der Waals surface area contributed by atoms with Crippen molar-refractivity contribution in [1.29, 1.82) is 0 Å². The molecule has 0 aromatic carbocycles. The molecule has 0 amide bonds. The molecule has 17 heavy (non-hydrogen) atoms. The first kappa shape index (κ1) is 13.4. The molecule has 4 atom stereocenters. The van der Waals surface area contributed by atoms with Gasteiger partial charge in [-0.1, -0.05) is 27.7 Å². The number of piperidine rings is 1. The second kappa shape index (κ2) is 5.71. The maximum Gasteiger partial charge on any atom is 0.0136 e.